The Balaban J connectivity index is 1.76. The van der Waals surface area contributed by atoms with Crippen molar-refractivity contribution in [1.82, 2.24) is 5.32 Å². The van der Waals surface area contributed by atoms with Crippen LogP contribution in [0.25, 0.3) is 0 Å². The van der Waals surface area contributed by atoms with Gasteiger partial charge in [0.1, 0.15) is 0 Å². The van der Waals surface area contributed by atoms with Gasteiger partial charge in [0.2, 0.25) is 0 Å². The number of hydrogen-bond donors (Lipinski definition) is 1. The maximum absolute atomic E-state index is 3.51. The molecule has 0 aromatic rings. The van der Waals surface area contributed by atoms with E-state index in [1.54, 1.807) is 0 Å². The van der Waals surface area contributed by atoms with Gasteiger partial charge in [0.25, 0.3) is 0 Å². The summed E-state index contributed by atoms with van der Waals surface area (Å²) in [7, 11) is 0. The van der Waals surface area contributed by atoms with Gasteiger partial charge < -0.3 is 5.32 Å². The molecule has 0 atom stereocenters. The summed E-state index contributed by atoms with van der Waals surface area (Å²) in [6, 6.07) is 0.844. The van der Waals surface area contributed by atoms with Crippen LogP contribution in [0.3, 0.4) is 0 Å². The van der Waals surface area contributed by atoms with Gasteiger partial charge in [-0.3, -0.25) is 0 Å². The third-order valence-corrected chi connectivity index (χ3v) is 2.30. The monoisotopic (exact) mass is 123 g/mol. The molecule has 0 unspecified atom stereocenters. The third kappa shape index (κ3) is 0.958. The highest BCUT2D eigenvalue weighted by atomic mass is 14.9. The van der Waals surface area contributed by atoms with Crippen molar-refractivity contribution in [3.8, 4) is 0 Å². The Hall–Kier alpha value is -0.460. The zero-order valence-corrected chi connectivity index (χ0v) is 5.69. The van der Waals surface area contributed by atoms with E-state index in [-0.39, 0.29) is 0 Å². The van der Waals surface area contributed by atoms with Crippen LogP contribution in [0, 0.1) is 0 Å². The summed E-state index contributed by atoms with van der Waals surface area (Å²) >= 11 is 0. The topological polar surface area (TPSA) is 12.0 Å². The van der Waals surface area contributed by atoms with Gasteiger partial charge in [0.05, 0.1) is 0 Å². The first-order valence-corrected chi connectivity index (χ1v) is 3.91. The van der Waals surface area contributed by atoms with Gasteiger partial charge in [0, 0.05) is 11.7 Å². The minimum atomic E-state index is 0.844. The maximum Gasteiger partial charge on any atom is 0.0258 e. The molecule has 1 nitrogen and oxygen atoms in total. The second kappa shape index (κ2) is 2.05. The number of rotatable bonds is 2. The molecule has 0 heterocycles. The summed E-state index contributed by atoms with van der Waals surface area (Å²) in [6.07, 6.45) is 9.14. The average Bonchev–Trinajstić information content (AvgIpc) is 1.57. The first-order chi connectivity index (χ1) is 4.45. The van der Waals surface area contributed by atoms with Gasteiger partial charge in [0.15, 0.2) is 0 Å². The first-order valence-electron chi connectivity index (χ1n) is 3.91. The fraction of sp³-hybridized carbons (Fsp3) is 0.750. The Morgan fingerprint density at radius 3 is 2.56 bits per heavy atom. The zero-order valence-electron chi connectivity index (χ0n) is 5.69. The Bertz CT molecular complexity index is 134. The van der Waals surface area contributed by atoms with Crippen molar-refractivity contribution in [3.63, 3.8) is 0 Å². The summed E-state index contributed by atoms with van der Waals surface area (Å²) < 4.78 is 0. The van der Waals surface area contributed by atoms with Gasteiger partial charge >= 0.3 is 0 Å². The van der Waals surface area contributed by atoms with Crippen molar-refractivity contribution < 1.29 is 0 Å². The molecule has 2 aliphatic carbocycles. The molecule has 1 heteroatoms. The van der Waals surface area contributed by atoms with E-state index in [9.17, 15) is 0 Å². The number of hydrogen-bond acceptors (Lipinski definition) is 1. The van der Waals surface area contributed by atoms with Crippen LogP contribution in [0.2, 0.25) is 0 Å². The predicted octanol–water partition coefficient (Wildman–Crippen LogP) is 1.81. The summed E-state index contributed by atoms with van der Waals surface area (Å²) in [5.41, 5.74) is 1.50. The molecule has 2 aliphatic rings. The Morgan fingerprint density at radius 2 is 2.22 bits per heavy atom. The molecular formula is C8H13N. The van der Waals surface area contributed by atoms with Crippen molar-refractivity contribution in [2.75, 3.05) is 0 Å². The lowest BCUT2D eigenvalue weighted by molar-refractivity contribution is 0.356. The van der Waals surface area contributed by atoms with E-state index >= 15 is 0 Å². The quantitative estimate of drug-likeness (QED) is 0.590. The Labute approximate surface area is 56.1 Å². The van der Waals surface area contributed by atoms with Crippen LogP contribution in [-0.4, -0.2) is 6.04 Å². The van der Waals surface area contributed by atoms with E-state index in [2.05, 4.69) is 11.4 Å². The SMILES string of the molecule is C1=C(NC2CCC2)CC1. The van der Waals surface area contributed by atoms with Crippen molar-refractivity contribution in [3.05, 3.63) is 11.8 Å². The molecule has 0 spiro atoms. The minimum Gasteiger partial charge on any atom is -0.386 e. The van der Waals surface area contributed by atoms with Gasteiger partial charge in [-0.1, -0.05) is 6.08 Å². The molecule has 0 aromatic carbocycles. The van der Waals surface area contributed by atoms with E-state index in [1.165, 1.54) is 37.8 Å². The largest absolute Gasteiger partial charge is 0.386 e. The van der Waals surface area contributed by atoms with Crippen molar-refractivity contribution in [1.29, 1.82) is 0 Å². The molecule has 0 radical (unpaired) electrons. The van der Waals surface area contributed by atoms with Crippen LogP contribution < -0.4 is 5.32 Å². The van der Waals surface area contributed by atoms with Gasteiger partial charge in [-0.2, -0.15) is 0 Å². The van der Waals surface area contributed by atoms with Crippen molar-refractivity contribution in [2.45, 2.75) is 38.1 Å². The van der Waals surface area contributed by atoms with E-state index in [0.717, 1.165) is 6.04 Å². The normalized spacial score (nSPS) is 26.0. The second-order valence-electron chi connectivity index (χ2n) is 3.04. The smallest absolute Gasteiger partial charge is 0.0258 e. The molecule has 1 fully saturated rings. The van der Waals surface area contributed by atoms with E-state index in [1.807, 2.05) is 0 Å². The lowest BCUT2D eigenvalue weighted by Crippen LogP contribution is -2.35. The van der Waals surface area contributed by atoms with Gasteiger partial charge in [-0.25, -0.2) is 0 Å². The molecule has 2 rings (SSSR count). The number of nitrogens with one attached hydrogen (secondary N) is 1. The molecule has 0 amide bonds. The molecule has 1 saturated carbocycles. The second-order valence-corrected chi connectivity index (χ2v) is 3.04. The van der Waals surface area contributed by atoms with Crippen LogP contribution in [0.15, 0.2) is 11.8 Å². The summed E-state index contributed by atoms with van der Waals surface area (Å²) in [5, 5.41) is 3.51. The van der Waals surface area contributed by atoms with Crippen molar-refractivity contribution >= 4 is 0 Å². The molecule has 0 aliphatic heterocycles. The van der Waals surface area contributed by atoms with Gasteiger partial charge in [-0.05, 0) is 32.1 Å². The summed E-state index contributed by atoms with van der Waals surface area (Å²) in [5.74, 6) is 0. The standard InChI is InChI=1S/C8H13N/c1-3-7(4-1)9-8-5-2-6-8/h3,8-9H,1-2,4-6H2. The first kappa shape index (κ1) is 5.33. The Morgan fingerprint density at radius 1 is 1.44 bits per heavy atom. The van der Waals surface area contributed by atoms with E-state index in [4.69, 9.17) is 0 Å². The van der Waals surface area contributed by atoms with E-state index in [0.29, 0.717) is 0 Å². The highest BCUT2D eigenvalue weighted by Gasteiger charge is 2.18. The average molecular weight is 123 g/mol. The predicted molar refractivity (Wildman–Crippen MR) is 38.1 cm³/mol. The van der Waals surface area contributed by atoms with Crippen LogP contribution >= 0.6 is 0 Å². The van der Waals surface area contributed by atoms with Crippen molar-refractivity contribution in [2.24, 2.45) is 0 Å². The summed E-state index contributed by atoms with van der Waals surface area (Å²) in [4.78, 5) is 0. The third-order valence-electron chi connectivity index (χ3n) is 2.30. The highest BCUT2D eigenvalue weighted by Crippen LogP contribution is 2.23. The van der Waals surface area contributed by atoms with Crippen LogP contribution in [0.4, 0.5) is 0 Å². The highest BCUT2D eigenvalue weighted by molar-refractivity contribution is 5.11. The van der Waals surface area contributed by atoms with E-state index < -0.39 is 0 Å². The van der Waals surface area contributed by atoms with Gasteiger partial charge in [-0.15, -0.1) is 0 Å². The minimum absolute atomic E-state index is 0.844. The molecule has 0 bridgehead atoms. The molecule has 0 saturated heterocycles. The molecule has 9 heavy (non-hydrogen) atoms. The fourth-order valence-electron chi connectivity index (χ4n) is 1.23. The fourth-order valence-corrected chi connectivity index (χ4v) is 1.23. The Kier molecular flexibility index (Phi) is 1.22. The molecule has 1 N–H and O–H groups in total. The number of allylic oxidation sites excluding steroid dienone is 2. The molecule has 50 valence electrons. The lowest BCUT2D eigenvalue weighted by Gasteiger charge is -2.31. The zero-order chi connectivity index (χ0) is 6.10. The lowest BCUT2D eigenvalue weighted by atomic mass is 9.91. The molecular weight excluding hydrogens is 110 g/mol. The van der Waals surface area contributed by atoms with Crippen LogP contribution in [0.1, 0.15) is 32.1 Å². The van der Waals surface area contributed by atoms with Crippen LogP contribution in [-0.2, 0) is 0 Å². The maximum atomic E-state index is 3.51. The molecule has 0 aromatic heterocycles. The van der Waals surface area contributed by atoms with Crippen LogP contribution in [0.5, 0.6) is 0 Å². The summed E-state index contributed by atoms with van der Waals surface area (Å²) in [6.45, 7) is 0.